The first-order chi connectivity index (χ1) is 9.05. The molecule has 1 aliphatic rings. The molecule has 0 aliphatic heterocycles. The van der Waals surface area contributed by atoms with E-state index >= 15 is 0 Å². The van der Waals surface area contributed by atoms with Gasteiger partial charge in [0.1, 0.15) is 0 Å². The lowest BCUT2D eigenvalue weighted by Gasteiger charge is -2.33. The van der Waals surface area contributed by atoms with Crippen LogP contribution in [-0.2, 0) is 0 Å². The summed E-state index contributed by atoms with van der Waals surface area (Å²) in [7, 11) is 1.48. The average molecular weight is 272 g/mol. The number of nitrogens with zero attached hydrogens (tertiary/aromatic N) is 2. The molecule has 5 nitrogen and oxygen atoms in total. The SMILES string of the molecule is COc1ncc(C(NN)C2CCC(F)(F)CC2)cn1. The Morgan fingerprint density at radius 2 is 1.95 bits per heavy atom. The van der Waals surface area contributed by atoms with Crippen LogP contribution in [0.1, 0.15) is 37.3 Å². The Morgan fingerprint density at radius 1 is 1.37 bits per heavy atom. The standard InChI is InChI=1S/C12H18F2N4O/c1-19-11-16-6-9(7-17-11)10(18-15)8-2-4-12(13,14)5-3-8/h6-8,10,18H,2-5,15H2,1H3. The van der Waals surface area contributed by atoms with E-state index in [1.165, 1.54) is 7.11 Å². The topological polar surface area (TPSA) is 73.1 Å². The van der Waals surface area contributed by atoms with E-state index in [9.17, 15) is 8.78 Å². The van der Waals surface area contributed by atoms with Crippen LogP contribution in [0.5, 0.6) is 6.01 Å². The van der Waals surface area contributed by atoms with Gasteiger partial charge in [-0.3, -0.25) is 11.3 Å². The molecule has 7 heteroatoms. The number of nitrogens with one attached hydrogen (secondary N) is 1. The molecule has 1 atom stereocenters. The fraction of sp³-hybridized carbons (Fsp3) is 0.667. The summed E-state index contributed by atoms with van der Waals surface area (Å²) in [5.74, 6) is 3.08. The Hall–Kier alpha value is -1.34. The quantitative estimate of drug-likeness (QED) is 0.646. The first kappa shape index (κ1) is 14.1. The molecule has 0 aromatic carbocycles. The number of aromatic nitrogens is 2. The zero-order valence-corrected chi connectivity index (χ0v) is 10.8. The van der Waals surface area contributed by atoms with E-state index in [1.807, 2.05) is 0 Å². The van der Waals surface area contributed by atoms with Gasteiger partial charge in [-0.25, -0.2) is 18.7 Å². The summed E-state index contributed by atoms with van der Waals surface area (Å²) in [4.78, 5) is 8.02. The van der Waals surface area contributed by atoms with Crippen LogP contribution >= 0.6 is 0 Å². The van der Waals surface area contributed by atoms with Crippen molar-refractivity contribution in [2.45, 2.75) is 37.6 Å². The maximum Gasteiger partial charge on any atom is 0.316 e. The summed E-state index contributed by atoms with van der Waals surface area (Å²) in [6, 6.07) is 0.0664. The summed E-state index contributed by atoms with van der Waals surface area (Å²) in [6.07, 6.45) is 3.92. The maximum absolute atomic E-state index is 13.2. The van der Waals surface area contributed by atoms with Crippen LogP contribution in [0.4, 0.5) is 8.78 Å². The molecule has 1 aliphatic carbocycles. The molecule has 2 rings (SSSR count). The molecule has 1 aromatic rings. The second-order valence-corrected chi connectivity index (χ2v) is 4.84. The van der Waals surface area contributed by atoms with Gasteiger partial charge in [-0.05, 0) is 18.8 Å². The van der Waals surface area contributed by atoms with Gasteiger partial charge in [-0.2, -0.15) is 0 Å². The van der Waals surface area contributed by atoms with Crippen molar-refractivity contribution >= 4 is 0 Å². The maximum atomic E-state index is 13.2. The first-order valence-corrected chi connectivity index (χ1v) is 6.25. The van der Waals surface area contributed by atoms with Gasteiger partial charge in [0.05, 0.1) is 13.2 Å². The molecule has 106 valence electrons. The minimum Gasteiger partial charge on any atom is -0.467 e. The van der Waals surface area contributed by atoms with E-state index in [4.69, 9.17) is 10.6 Å². The average Bonchev–Trinajstić information content (AvgIpc) is 2.42. The summed E-state index contributed by atoms with van der Waals surface area (Å²) in [5.41, 5.74) is 3.48. The number of ether oxygens (including phenoxy) is 1. The Kier molecular flexibility index (Phi) is 4.26. The molecule has 0 spiro atoms. The van der Waals surface area contributed by atoms with Crippen LogP contribution in [0.3, 0.4) is 0 Å². The van der Waals surface area contributed by atoms with Crippen LogP contribution in [0.25, 0.3) is 0 Å². The van der Waals surface area contributed by atoms with Crippen LogP contribution < -0.4 is 16.0 Å². The summed E-state index contributed by atoms with van der Waals surface area (Å²) < 4.78 is 31.2. The summed E-state index contributed by atoms with van der Waals surface area (Å²) in [6.45, 7) is 0. The molecular formula is C12H18F2N4O. The van der Waals surface area contributed by atoms with Gasteiger partial charge < -0.3 is 4.74 Å². The third kappa shape index (κ3) is 3.36. The fourth-order valence-corrected chi connectivity index (χ4v) is 2.49. The summed E-state index contributed by atoms with van der Waals surface area (Å²) >= 11 is 0. The number of nitrogens with two attached hydrogens (primary N) is 1. The number of methoxy groups -OCH3 is 1. The van der Waals surface area contributed by atoms with Crippen molar-refractivity contribution in [1.82, 2.24) is 15.4 Å². The van der Waals surface area contributed by atoms with E-state index in [-0.39, 0.29) is 30.8 Å². The largest absolute Gasteiger partial charge is 0.467 e. The normalized spacial score (nSPS) is 21.1. The zero-order chi connectivity index (χ0) is 13.9. The van der Waals surface area contributed by atoms with Gasteiger partial charge >= 0.3 is 6.01 Å². The van der Waals surface area contributed by atoms with Crippen molar-refractivity contribution in [1.29, 1.82) is 0 Å². The van der Waals surface area contributed by atoms with Crippen molar-refractivity contribution in [2.75, 3.05) is 7.11 Å². The minimum absolute atomic E-state index is 0.0709. The number of alkyl halides is 2. The van der Waals surface area contributed by atoms with E-state index in [0.717, 1.165) is 5.56 Å². The zero-order valence-electron chi connectivity index (χ0n) is 10.8. The van der Waals surface area contributed by atoms with Crippen molar-refractivity contribution in [2.24, 2.45) is 11.8 Å². The first-order valence-electron chi connectivity index (χ1n) is 6.25. The van der Waals surface area contributed by atoms with Crippen LogP contribution in [0.2, 0.25) is 0 Å². The van der Waals surface area contributed by atoms with Crippen LogP contribution in [0.15, 0.2) is 12.4 Å². The third-order valence-corrected chi connectivity index (χ3v) is 3.60. The van der Waals surface area contributed by atoms with Gasteiger partial charge in [0.25, 0.3) is 0 Å². The lowest BCUT2D eigenvalue weighted by molar-refractivity contribution is -0.0498. The molecule has 0 amide bonds. The van der Waals surface area contributed by atoms with Crippen LogP contribution in [0, 0.1) is 5.92 Å². The van der Waals surface area contributed by atoms with Crippen molar-refractivity contribution < 1.29 is 13.5 Å². The highest BCUT2D eigenvalue weighted by Gasteiger charge is 2.37. The highest BCUT2D eigenvalue weighted by Crippen LogP contribution is 2.40. The Morgan fingerprint density at radius 3 is 2.42 bits per heavy atom. The Bertz CT molecular complexity index is 403. The van der Waals surface area contributed by atoms with E-state index in [1.54, 1.807) is 12.4 Å². The van der Waals surface area contributed by atoms with E-state index < -0.39 is 5.92 Å². The number of hydrazine groups is 1. The molecule has 0 saturated heterocycles. The number of hydrogen-bond acceptors (Lipinski definition) is 5. The highest BCUT2D eigenvalue weighted by atomic mass is 19.3. The third-order valence-electron chi connectivity index (χ3n) is 3.60. The minimum atomic E-state index is -2.54. The van der Waals surface area contributed by atoms with Gasteiger partial charge in [-0.1, -0.05) is 0 Å². The van der Waals surface area contributed by atoms with Crippen LogP contribution in [-0.4, -0.2) is 23.0 Å². The van der Waals surface area contributed by atoms with Crippen molar-refractivity contribution in [3.63, 3.8) is 0 Å². The Balaban J connectivity index is 2.07. The second kappa shape index (κ2) is 5.75. The smallest absolute Gasteiger partial charge is 0.316 e. The number of halogens is 2. The van der Waals surface area contributed by atoms with Crippen molar-refractivity contribution in [3.8, 4) is 6.01 Å². The fourth-order valence-electron chi connectivity index (χ4n) is 2.49. The van der Waals surface area contributed by atoms with Gasteiger partial charge in [-0.15, -0.1) is 0 Å². The van der Waals surface area contributed by atoms with Crippen molar-refractivity contribution in [3.05, 3.63) is 18.0 Å². The van der Waals surface area contributed by atoms with Gasteiger partial charge in [0.2, 0.25) is 5.92 Å². The molecule has 3 N–H and O–H groups in total. The molecule has 1 saturated carbocycles. The predicted molar refractivity (Wildman–Crippen MR) is 65.6 cm³/mol. The van der Waals surface area contributed by atoms with E-state index in [0.29, 0.717) is 12.8 Å². The predicted octanol–water partition coefficient (Wildman–Crippen LogP) is 1.82. The molecule has 1 fully saturated rings. The highest BCUT2D eigenvalue weighted by molar-refractivity contribution is 5.14. The lowest BCUT2D eigenvalue weighted by Crippen LogP contribution is -2.37. The van der Waals surface area contributed by atoms with E-state index in [2.05, 4.69) is 15.4 Å². The number of rotatable bonds is 4. The molecule has 1 heterocycles. The monoisotopic (exact) mass is 272 g/mol. The molecule has 1 unspecified atom stereocenters. The molecular weight excluding hydrogens is 254 g/mol. The molecule has 19 heavy (non-hydrogen) atoms. The number of hydrogen-bond donors (Lipinski definition) is 2. The second-order valence-electron chi connectivity index (χ2n) is 4.84. The molecule has 0 bridgehead atoms. The van der Waals surface area contributed by atoms with Gasteiger partial charge in [0.15, 0.2) is 0 Å². The summed E-state index contributed by atoms with van der Waals surface area (Å²) in [5, 5.41) is 0. The Labute approximate surface area is 110 Å². The van der Waals surface area contributed by atoms with Gasteiger partial charge in [0, 0.05) is 30.8 Å². The lowest BCUT2D eigenvalue weighted by atomic mass is 9.80. The molecule has 1 aromatic heterocycles. The molecule has 0 radical (unpaired) electrons.